The van der Waals surface area contributed by atoms with E-state index >= 15 is 0 Å². The van der Waals surface area contributed by atoms with E-state index in [1.54, 1.807) is 6.92 Å². The molecule has 1 rings (SSSR count). The number of hydrogen-bond donors (Lipinski definition) is 1. The molecule has 0 saturated carbocycles. The van der Waals surface area contributed by atoms with Crippen LogP contribution >= 0.6 is 0 Å². The van der Waals surface area contributed by atoms with Crippen molar-refractivity contribution >= 4 is 17.7 Å². The Morgan fingerprint density at radius 3 is 2.17 bits per heavy atom. The van der Waals surface area contributed by atoms with Gasteiger partial charge in [-0.1, -0.05) is 97.9 Å². The fourth-order valence-corrected chi connectivity index (χ4v) is 3.58. The maximum absolute atomic E-state index is 12.8. The molecule has 0 saturated heterocycles. The Kier molecular flexibility index (Phi) is 11.9. The monoisotopic (exact) mass is 478 g/mol. The van der Waals surface area contributed by atoms with E-state index in [4.69, 9.17) is 9.84 Å². The standard InChI is InChI=1S/C30H38O5/c1-8-21(2)12-9-10-13-22(3)14-11-15-23(4)16-17-25-24(5)29(34)26(20-30(25,6)7)35-28(33)19-18-27(31)32/h8-17,26H,1,18-20H2,2-7H3,(H,31,32)/b10-9+,14-11+,17-16+,21-12+,22-13+,23-15+. The fraction of sp³-hybridized carbons (Fsp3) is 0.367. The number of ether oxygens (including phenoxy) is 1. The molecule has 1 aliphatic rings. The number of allylic oxidation sites excluding steroid dienone is 14. The van der Waals surface area contributed by atoms with Gasteiger partial charge in [0.25, 0.3) is 0 Å². The number of carboxylic acids is 1. The Morgan fingerprint density at radius 2 is 1.57 bits per heavy atom. The second-order valence-electron chi connectivity index (χ2n) is 9.38. The summed E-state index contributed by atoms with van der Waals surface area (Å²) in [6.45, 7) is 15.5. The third-order valence-corrected chi connectivity index (χ3v) is 5.69. The molecule has 1 atom stereocenters. The minimum atomic E-state index is -1.08. The third kappa shape index (κ3) is 10.6. The first-order chi connectivity index (χ1) is 16.4. The molecule has 0 bridgehead atoms. The van der Waals surface area contributed by atoms with Gasteiger partial charge < -0.3 is 9.84 Å². The molecule has 0 spiro atoms. The largest absolute Gasteiger partial charge is 0.481 e. The summed E-state index contributed by atoms with van der Waals surface area (Å²) in [5, 5.41) is 8.72. The smallest absolute Gasteiger partial charge is 0.307 e. The van der Waals surface area contributed by atoms with Crippen LogP contribution in [-0.2, 0) is 19.1 Å². The quantitative estimate of drug-likeness (QED) is 0.262. The van der Waals surface area contributed by atoms with Gasteiger partial charge in [0, 0.05) is 6.42 Å². The van der Waals surface area contributed by atoms with Gasteiger partial charge in [0.05, 0.1) is 12.8 Å². The number of rotatable bonds is 11. The highest BCUT2D eigenvalue weighted by atomic mass is 16.5. The topological polar surface area (TPSA) is 80.7 Å². The molecule has 35 heavy (non-hydrogen) atoms. The lowest BCUT2D eigenvalue weighted by Gasteiger charge is -2.36. The second kappa shape index (κ2) is 14.1. The summed E-state index contributed by atoms with van der Waals surface area (Å²) in [6, 6.07) is 0. The van der Waals surface area contributed by atoms with E-state index in [-0.39, 0.29) is 24.0 Å². The van der Waals surface area contributed by atoms with Crippen molar-refractivity contribution in [3.05, 3.63) is 95.2 Å². The number of hydrogen-bond acceptors (Lipinski definition) is 4. The molecule has 1 N–H and O–H groups in total. The predicted octanol–water partition coefficient (Wildman–Crippen LogP) is 6.77. The molecule has 0 amide bonds. The number of carboxylic acid groups (broad SMARTS) is 1. The van der Waals surface area contributed by atoms with Crippen molar-refractivity contribution in [2.24, 2.45) is 5.41 Å². The van der Waals surface area contributed by atoms with Crippen LogP contribution in [0.25, 0.3) is 0 Å². The number of carbonyl (C=O) groups is 3. The minimum Gasteiger partial charge on any atom is -0.481 e. The van der Waals surface area contributed by atoms with Crippen molar-refractivity contribution in [2.75, 3.05) is 0 Å². The van der Waals surface area contributed by atoms with Crippen LogP contribution in [-0.4, -0.2) is 28.9 Å². The SMILES string of the molecule is C=C/C(C)=C/C=C/C=C(C)/C=C/C=C(C)/C=C/C1=C(C)C(=O)C(OC(=O)CCC(=O)O)CC1(C)C. The average Bonchev–Trinajstić information content (AvgIpc) is 2.78. The zero-order chi connectivity index (χ0) is 26.6. The molecular weight excluding hydrogens is 440 g/mol. The fourth-order valence-electron chi connectivity index (χ4n) is 3.58. The summed E-state index contributed by atoms with van der Waals surface area (Å²) >= 11 is 0. The highest BCUT2D eigenvalue weighted by Gasteiger charge is 2.39. The lowest BCUT2D eigenvalue weighted by molar-refractivity contribution is -0.157. The first-order valence-corrected chi connectivity index (χ1v) is 11.7. The maximum atomic E-state index is 12.8. The van der Waals surface area contributed by atoms with Crippen molar-refractivity contribution in [1.29, 1.82) is 0 Å². The summed E-state index contributed by atoms with van der Waals surface area (Å²) in [5.41, 5.74) is 4.32. The Hall–Kier alpha value is -3.47. The Balaban J connectivity index is 2.89. The summed E-state index contributed by atoms with van der Waals surface area (Å²) in [6.07, 6.45) is 18.6. The van der Waals surface area contributed by atoms with Crippen LogP contribution in [0.1, 0.15) is 60.8 Å². The number of Topliss-reactive ketones (excluding diaryl/α,β-unsaturated/α-hetero) is 1. The molecule has 0 radical (unpaired) electrons. The molecule has 5 heteroatoms. The van der Waals surface area contributed by atoms with Gasteiger partial charge >= 0.3 is 11.9 Å². The Morgan fingerprint density at radius 1 is 1.00 bits per heavy atom. The van der Waals surface area contributed by atoms with Gasteiger partial charge in [0.2, 0.25) is 0 Å². The molecule has 0 aromatic carbocycles. The van der Waals surface area contributed by atoms with E-state index in [1.807, 2.05) is 95.4 Å². The number of esters is 1. The van der Waals surface area contributed by atoms with Crippen LogP contribution in [0.5, 0.6) is 0 Å². The van der Waals surface area contributed by atoms with Crippen molar-refractivity contribution in [3.63, 3.8) is 0 Å². The maximum Gasteiger partial charge on any atom is 0.307 e. The second-order valence-corrected chi connectivity index (χ2v) is 9.38. The van der Waals surface area contributed by atoms with Crippen LogP contribution in [0.2, 0.25) is 0 Å². The first-order valence-electron chi connectivity index (χ1n) is 11.7. The molecule has 188 valence electrons. The molecule has 0 heterocycles. The third-order valence-electron chi connectivity index (χ3n) is 5.69. The van der Waals surface area contributed by atoms with Gasteiger partial charge in [-0.15, -0.1) is 0 Å². The Bertz CT molecular complexity index is 1040. The van der Waals surface area contributed by atoms with Gasteiger partial charge in [-0.25, -0.2) is 0 Å². The number of ketones is 1. The van der Waals surface area contributed by atoms with Crippen LogP contribution in [0.4, 0.5) is 0 Å². The number of aliphatic carboxylic acids is 1. The summed E-state index contributed by atoms with van der Waals surface area (Å²) in [5.74, 6) is -1.98. The van der Waals surface area contributed by atoms with E-state index in [0.717, 1.165) is 22.3 Å². The van der Waals surface area contributed by atoms with Gasteiger partial charge in [-0.05, 0) is 44.3 Å². The van der Waals surface area contributed by atoms with Crippen LogP contribution < -0.4 is 0 Å². The molecule has 5 nitrogen and oxygen atoms in total. The lowest BCUT2D eigenvalue weighted by Crippen LogP contribution is -2.39. The minimum absolute atomic E-state index is 0.235. The predicted molar refractivity (Wildman–Crippen MR) is 142 cm³/mol. The highest BCUT2D eigenvalue weighted by molar-refractivity contribution is 6.01. The van der Waals surface area contributed by atoms with Crippen molar-refractivity contribution in [3.8, 4) is 0 Å². The lowest BCUT2D eigenvalue weighted by atomic mass is 9.71. The van der Waals surface area contributed by atoms with E-state index in [0.29, 0.717) is 12.0 Å². The molecule has 1 aliphatic carbocycles. The van der Waals surface area contributed by atoms with Crippen LogP contribution in [0.3, 0.4) is 0 Å². The molecule has 0 fully saturated rings. The molecule has 0 aromatic rings. The summed E-state index contributed by atoms with van der Waals surface area (Å²) in [4.78, 5) is 35.4. The van der Waals surface area contributed by atoms with Crippen LogP contribution in [0, 0.1) is 5.41 Å². The van der Waals surface area contributed by atoms with Gasteiger partial charge in [0.15, 0.2) is 11.9 Å². The molecule has 0 aromatic heterocycles. The zero-order valence-corrected chi connectivity index (χ0v) is 21.8. The summed E-state index contributed by atoms with van der Waals surface area (Å²) in [7, 11) is 0. The molecular formula is C30H38O5. The average molecular weight is 479 g/mol. The van der Waals surface area contributed by atoms with Gasteiger partial charge in [-0.3, -0.25) is 14.4 Å². The zero-order valence-electron chi connectivity index (χ0n) is 21.8. The van der Waals surface area contributed by atoms with Gasteiger partial charge in [0.1, 0.15) is 0 Å². The van der Waals surface area contributed by atoms with Crippen molar-refractivity contribution in [2.45, 2.75) is 66.9 Å². The Labute approximate surface area is 209 Å². The van der Waals surface area contributed by atoms with Crippen molar-refractivity contribution < 1.29 is 24.2 Å². The van der Waals surface area contributed by atoms with E-state index < -0.39 is 18.0 Å². The summed E-state index contributed by atoms with van der Waals surface area (Å²) < 4.78 is 5.31. The highest BCUT2D eigenvalue weighted by Crippen LogP contribution is 2.40. The molecule has 0 aliphatic heterocycles. The van der Waals surface area contributed by atoms with E-state index in [2.05, 4.69) is 6.58 Å². The number of carbonyl (C=O) groups excluding carboxylic acids is 2. The molecule has 1 unspecified atom stereocenters. The van der Waals surface area contributed by atoms with E-state index in [9.17, 15) is 14.4 Å². The normalized spacial score (nSPS) is 19.8. The van der Waals surface area contributed by atoms with E-state index in [1.165, 1.54) is 0 Å². The van der Waals surface area contributed by atoms with Crippen molar-refractivity contribution in [1.82, 2.24) is 0 Å². The first kappa shape index (κ1) is 29.6. The van der Waals surface area contributed by atoms with Gasteiger partial charge in [-0.2, -0.15) is 0 Å². The van der Waals surface area contributed by atoms with Crippen LogP contribution in [0.15, 0.2) is 95.2 Å².